The summed E-state index contributed by atoms with van der Waals surface area (Å²) in [6.45, 7) is 0. The number of halogens is 1. The van der Waals surface area contributed by atoms with E-state index in [0.717, 1.165) is 0 Å². The number of benzene rings is 2. The van der Waals surface area contributed by atoms with Crippen molar-refractivity contribution in [1.29, 1.82) is 0 Å². The van der Waals surface area contributed by atoms with Crippen LogP contribution in [0, 0.1) is 0 Å². The van der Waals surface area contributed by atoms with Crippen LogP contribution in [0.4, 0.5) is 5.69 Å². The summed E-state index contributed by atoms with van der Waals surface area (Å²) in [5, 5.41) is 11.0. The molecule has 0 spiro atoms. The van der Waals surface area contributed by atoms with Crippen molar-refractivity contribution in [2.24, 2.45) is 0 Å². The van der Waals surface area contributed by atoms with E-state index in [1.54, 1.807) is 54.6 Å². The number of furan rings is 1. The highest BCUT2D eigenvalue weighted by molar-refractivity contribution is 9.10. The Morgan fingerprint density at radius 2 is 1.86 bits per heavy atom. The van der Waals surface area contributed by atoms with E-state index in [4.69, 9.17) is 9.15 Å². The molecule has 1 unspecified atom stereocenters. The van der Waals surface area contributed by atoms with Gasteiger partial charge in [-0.3, -0.25) is 14.5 Å². The van der Waals surface area contributed by atoms with E-state index in [2.05, 4.69) is 15.9 Å². The summed E-state index contributed by atoms with van der Waals surface area (Å²) in [4.78, 5) is 27.2. The van der Waals surface area contributed by atoms with Crippen molar-refractivity contribution < 1.29 is 23.8 Å². The molecule has 1 aromatic heterocycles. The maximum atomic E-state index is 12.9. The number of hydrogen-bond acceptors (Lipinski definition) is 5. The van der Waals surface area contributed by atoms with Gasteiger partial charge in [-0.2, -0.15) is 0 Å². The molecule has 0 saturated carbocycles. The number of ketones is 1. The van der Waals surface area contributed by atoms with E-state index in [0.29, 0.717) is 27.2 Å². The summed E-state index contributed by atoms with van der Waals surface area (Å²) >= 11 is 3.37. The number of rotatable bonds is 4. The molecule has 146 valence electrons. The molecule has 4 rings (SSSR count). The molecule has 1 N–H and O–H groups in total. The van der Waals surface area contributed by atoms with E-state index in [1.807, 2.05) is 6.07 Å². The van der Waals surface area contributed by atoms with Gasteiger partial charge in [0.05, 0.1) is 23.4 Å². The van der Waals surface area contributed by atoms with Gasteiger partial charge in [-0.1, -0.05) is 18.2 Å². The number of para-hydroxylation sites is 1. The number of carbonyl (C=O) groups excluding carboxylic acids is 2. The molecule has 1 aliphatic rings. The molecule has 2 heterocycles. The Labute approximate surface area is 175 Å². The van der Waals surface area contributed by atoms with Gasteiger partial charge in [0.1, 0.15) is 23.3 Å². The number of nitrogens with zero attached hydrogens (tertiary/aromatic N) is 1. The topological polar surface area (TPSA) is 80.0 Å². The third-order valence-electron chi connectivity index (χ3n) is 4.72. The molecule has 0 aliphatic carbocycles. The minimum atomic E-state index is -0.881. The molecule has 3 aromatic rings. The number of carbonyl (C=O) groups is 2. The lowest BCUT2D eigenvalue weighted by Gasteiger charge is -2.23. The highest BCUT2D eigenvalue weighted by Gasteiger charge is 2.48. The highest BCUT2D eigenvalue weighted by Crippen LogP contribution is 2.42. The molecule has 0 radical (unpaired) electrons. The minimum absolute atomic E-state index is 0.0362. The molecule has 2 aromatic carbocycles. The molecule has 1 fully saturated rings. The summed E-state index contributed by atoms with van der Waals surface area (Å²) in [6, 6.07) is 16.2. The van der Waals surface area contributed by atoms with Crippen molar-refractivity contribution in [2.75, 3.05) is 12.0 Å². The first kappa shape index (κ1) is 19.0. The zero-order chi connectivity index (χ0) is 20.5. The summed E-state index contributed by atoms with van der Waals surface area (Å²) in [7, 11) is 1.53. The SMILES string of the molecule is COc1ccc(/C(O)=C2/C(=O)C(=O)N(c3ccccc3)C2c2ccco2)cc1Br. The number of aliphatic hydroxyl groups excluding tert-OH is 1. The lowest BCUT2D eigenvalue weighted by atomic mass is 9.99. The Kier molecular flexibility index (Phi) is 4.98. The van der Waals surface area contributed by atoms with E-state index in [9.17, 15) is 14.7 Å². The van der Waals surface area contributed by atoms with Gasteiger partial charge in [-0.15, -0.1) is 0 Å². The van der Waals surface area contributed by atoms with Crippen molar-refractivity contribution in [3.63, 3.8) is 0 Å². The van der Waals surface area contributed by atoms with Gasteiger partial charge in [0.25, 0.3) is 11.7 Å². The van der Waals surface area contributed by atoms with Crippen molar-refractivity contribution in [3.05, 3.63) is 88.3 Å². The lowest BCUT2D eigenvalue weighted by molar-refractivity contribution is -0.132. The number of ether oxygens (including phenoxy) is 1. The fraction of sp³-hybridized carbons (Fsp3) is 0.0909. The van der Waals surface area contributed by atoms with Gasteiger partial charge in [0, 0.05) is 11.3 Å². The number of anilines is 1. The Hall–Kier alpha value is -3.32. The minimum Gasteiger partial charge on any atom is -0.507 e. The molecule has 29 heavy (non-hydrogen) atoms. The standard InChI is InChI=1S/C22H16BrNO5/c1-28-16-10-9-13(12-15(16)23)20(25)18-19(17-8-5-11-29-17)24(22(27)21(18)26)14-6-3-2-4-7-14/h2-12,19,25H,1H3/b20-18-. The van der Waals surface area contributed by atoms with Crippen LogP contribution in [0.1, 0.15) is 17.4 Å². The maximum absolute atomic E-state index is 12.9. The van der Waals surface area contributed by atoms with Gasteiger partial charge in [0.2, 0.25) is 0 Å². The first-order valence-corrected chi connectivity index (χ1v) is 9.55. The van der Waals surface area contributed by atoms with E-state index in [1.165, 1.54) is 18.3 Å². The second-order valence-electron chi connectivity index (χ2n) is 6.37. The van der Waals surface area contributed by atoms with Crippen LogP contribution in [-0.4, -0.2) is 23.9 Å². The van der Waals surface area contributed by atoms with Crippen LogP contribution in [0.25, 0.3) is 5.76 Å². The number of aliphatic hydroxyl groups is 1. The van der Waals surface area contributed by atoms with Crippen LogP contribution >= 0.6 is 15.9 Å². The van der Waals surface area contributed by atoms with Gasteiger partial charge in [-0.05, 0) is 58.4 Å². The average Bonchev–Trinajstić information content (AvgIpc) is 3.35. The monoisotopic (exact) mass is 453 g/mol. The van der Waals surface area contributed by atoms with Crippen molar-refractivity contribution in [3.8, 4) is 5.75 Å². The second kappa shape index (κ2) is 7.60. The van der Waals surface area contributed by atoms with Crippen LogP contribution in [0.2, 0.25) is 0 Å². The molecule has 1 atom stereocenters. The molecule has 1 aliphatic heterocycles. The summed E-state index contributed by atoms with van der Waals surface area (Å²) in [6.07, 6.45) is 1.46. The van der Waals surface area contributed by atoms with Crippen LogP contribution < -0.4 is 9.64 Å². The van der Waals surface area contributed by atoms with Crippen molar-refractivity contribution in [1.82, 2.24) is 0 Å². The largest absolute Gasteiger partial charge is 0.507 e. The van der Waals surface area contributed by atoms with E-state index >= 15 is 0 Å². The normalized spacial score (nSPS) is 18.3. The third-order valence-corrected chi connectivity index (χ3v) is 5.34. The maximum Gasteiger partial charge on any atom is 0.300 e. The van der Waals surface area contributed by atoms with Crippen molar-refractivity contribution in [2.45, 2.75) is 6.04 Å². The first-order valence-electron chi connectivity index (χ1n) is 8.76. The number of methoxy groups -OCH3 is 1. The summed E-state index contributed by atoms with van der Waals surface area (Å²) < 4.78 is 11.3. The highest BCUT2D eigenvalue weighted by atomic mass is 79.9. The fourth-order valence-electron chi connectivity index (χ4n) is 3.37. The summed E-state index contributed by atoms with van der Waals surface area (Å²) in [5.74, 6) is -0.839. The zero-order valence-electron chi connectivity index (χ0n) is 15.3. The van der Waals surface area contributed by atoms with Crippen LogP contribution in [0.15, 0.2) is 81.4 Å². The van der Waals surface area contributed by atoms with Crippen molar-refractivity contribution >= 4 is 39.1 Å². The predicted octanol–water partition coefficient (Wildman–Crippen LogP) is 4.68. The summed E-state index contributed by atoms with van der Waals surface area (Å²) in [5.41, 5.74) is 0.872. The van der Waals surface area contributed by atoms with Gasteiger partial charge >= 0.3 is 0 Å². The molecule has 0 bridgehead atoms. The number of amides is 1. The average molecular weight is 454 g/mol. The molecule has 1 saturated heterocycles. The quantitative estimate of drug-likeness (QED) is 0.352. The van der Waals surface area contributed by atoms with E-state index in [-0.39, 0.29) is 11.3 Å². The third kappa shape index (κ3) is 3.23. The van der Waals surface area contributed by atoms with Gasteiger partial charge in [-0.25, -0.2) is 0 Å². The van der Waals surface area contributed by atoms with Crippen LogP contribution in [0.5, 0.6) is 5.75 Å². The zero-order valence-corrected chi connectivity index (χ0v) is 16.9. The Balaban J connectivity index is 1.91. The van der Waals surface area contributed by atoms with Gasteiger partial charge in [0.15, 0.2) is 0 Å². The Bertz CT molecular complexity index is 1110. The number of Topliss-reactive ketones (excluding diaryl/α,β-unsaturated/α-hetero) is 1. The molecular weight excluding hydrogens is 438 g/mol. The second-order valence-corrected chi connectivity index (χ2v) is 7.22. The first-order chi connectivity index (χ1) is 14.0. The molecule has 1 amide bonds. The lowest BCUT2D eigenvalue weighted by Crippen LogP contribution is -2.29. The smallest absolute Gasteiger partial charge is 0.300 e. The van der Waals surface area contributed by atoms with E-state index < -0.39 is 17.7 Å². The Morgan fingerprint density at radius 1 is 1.10 bits per heavy atom. The number of hydrogen-bond donors (Lipinski definition) is 1. The fourth-order valence-corrected chi connectivity index (χ4v) is 3.91. The molecule has 6 nitrogen and oxygen atoms in total. The molecular formula is C22H16BrNO5. The van der Waals surface area contributed by atoms with Crippen LogP contribution in [0.3, 0.4) is 0 Å². The Morgan fingerprint density at radius 3 is 2.48 bits per heavy atom. The van der Waals surface area contributed by atoms with Crippen LogP contribution in [-0.2, 0) is 9.59 Å². The predicted molar refractivity (Wildman–Crippen MR) is 111 cm³/mol. The van der Waals surface area contributed by atoms with Gasteiger partial charge < -0.3 is 14.3 Å². The molecule has 7 heteroatoms.